The minimum atomic E-state index is -0.734. The predicted molar refractivity (Wildman–Crippen MR) is 74.6 cm³/mol. The van der Waals surface area contributed by atoms with E-state index in [2.05, 4.69) is 11.0 Å². The highest BCUT2D eigenvalue weighted by Gasteiger charge is 2.29. The van der Waals surface area contributed by atoms with Crippen LogP contribution in [0.25, 0.3) is 0 Å². The second-order valence-electron chi connectivity index (χ2n) is 5.08. The van der Waals surface area contributed by atoms with Crippen molar-refractivity contribution in [3.63, 3.8) is 0 Å². The highest BCUT2D eigenvalue weighted by Crippen LogP contribution is 2.37. The van der Waals surface area contributed by atoms with Crippen molar-refractivity contribution in [2.75, 3.05) is 24.6 Å². The number of unbranched alkanes of at least 4 members (excludes halogenated alkanes) is 2. The molecule has 1 atom stereocenters. The largest absolute Gasteiger partial charge is 0.481 e. The van der Waals surface area contributed by atoms with E-state index in [4.69, 9.17) is 10.2 Å². The Hall–Kier alpha value is -1.55. The summed E-state index contributed by atoms with van der Waals surface area (Å²) in [4.78, 5) is 13.2. The number of carbonyl (C=O) groups is 1. The first-order valence-corrected chi connectivity index (χ1v) is 6.89. The van der Waals surface area contributed by atoms with Crippen LogP contribution in [0, 0.1) is 0 Å². The van der Waals surface area contributed by atoms with Crippen LogP contribution >= 0.6 is 0 Å². The first kappa shape index (κ1) is 13.9. The highest BCUT2D eigenvalue weighted by atomic mass is 16.4. The molecular formula is C15H21NO3. The van der Waals surface area contributed by atoms with Crippen LogP contribution < -0.4 is 4.90 Å². The quantitative estimate of drug-likeness (QED) is 0.741. The highest BCUT2D eigenvalue weighted by molar-refractivity contribution is 5.71. The Balaban J connectivity index is 2.00. The number of hydrogen-bond donors (Lipinski definition) is 2. The Morgan fingerprint density at radius 3 is 2.79 bits per heavy atom. The summed E-state index contributed by atoms with van der Waals surface area (Å²) in [6.45, 7) is 1.98. The van der Waals surface area contributed by atoms with Gasteiger partial charge in [0.05, 0.1) is 6.42 Å². The Kier molecular flexibility index (Phi) is 4.80. The van der Waals surface area contributed by atoms with E-state index in [1.165, 1.54) is 5.69 Å². The summed E-state index contributed by atoms with van der Waals surface area (Å²) >= 11 is 0. The molecule has 2 N–H and O–H groups in total. The van der Waals surface area contributed by atoms with Crippen molar-refractivity contribution in [3.8, 4) is 0 Å². The van der Waals surface area contributed by atoms with Gasteiger partial charge >= 0.3 is 5.97 Å². The first-order chi connectivity index (χ1) is 9.22. The molecule has 0 aliphatic carbocycles. The van der Waals surface area contributed by atoms with Gasteiger partial charge in [-0.05, 0) is 30.9 Å². The van der Waals surface area contributed by atoms with Crippen LogP contribution in [0.2, 0.25) is 0 Å². The molecule has 1 aliphatic heterocycles. The third-order valence-corrected chi connectivity index (χ3v) is 3.67. The molecule has 4 nitrogen and oxygen atoms in total. The molecular weight excluding hydrogens is 242 g/mol. The average molecular weight is 263 g/mol. The van der Waals surface area contributed by atoms with Gasteiger partial charge in [0.2, 0.25) is 0 Å². The van der Waals surface area contributed by atoms with E-state index in [-0.39, 0.29) is 18.9 Å². The minimum absolute atomic E-state index is 0.103. The molecule has 19 heavy (non-hydrogen) atoms. The molecule has 0 radical (unpaired) electrons. The fourth-order valence-corrected chi connectivity index (χ4v) is 2.77. The van der Waals surface area contributed by atoms with Gasteiger partial charge in [-0.15, -0.1) is 0 Å². The van der Waals surface area contributed by atoms with Crippen molar-refractivity contribution in [2.45, 2.75) is 31.6 Å². The molecule has 4 heteroatoms. The molecule has 0 amide bonds. The van der Waals surface area contributed by atoms with Gasteiger partial charge in [-0.25, -0.2) is 0 Å². The van der Waals surface area contributed by atoms with Gasteiger partial charge in [0.15, 0.2) is 0 Å². The molecule has 104 valence electrons. The smallest absolute Gasteiger partial charge is 0.304 e. The van der Waals surface area contributed by atoms with E-state index in [1.54, 1.807) is 0 Å². The lowest BCUT2D eigenvalue weighted by Crippen LogP contribution is -2.23. The van der Waals surface area contributed by atoms with Crippen LogP contribution in [-0.4, -0.2) is 35.9 Å². The second-order valence-corrected chi connectivity index (χ2v) is 5.08. The van der Waals surface area contributed by atoms with Crippen molar-refractivity contribution >= 4 is 11.7 Å². The van der Waals surface area contributed by atoms with Crippen LogP contribution in [-0.2, 0) is 4.79 Å². The topological polar surface area (TPSA) is 60.8 Å². The molecule has 1 aromatic rings. The predicted octanol–water partition coefficient (Wildman–Crippen LogP) is 2.23. The lowest BCUT2D eigenvalue weighted by atomic mass is 9.98. The van der Waals surface area contributed by atoms with E-state index < -0.39 is 5.97 Å². The molecule has 0 aromatic heterocycles. The van der Waals surface area contributed by atoms with Crippen molar-refractivity contribution in [1.82, 2.24) is 0 Å². The zero-order valence-corrected chi connectivity index (χ0v) is 11.1. The van der Waals surface area contributed by atoms with Gasteiger partial charge in [0, 0.05) is 31.3 Å². The zero-order valence-electron chi connectivity index (χ0n) is 11.1. The Morgan fingerprint density at radius 1 is 1.26 bits per heavy atom. The van der Waals surface area contributed by atoms with Gasteiger partial charge in [0.1, 0.15) is 0 Å². The monoisotopic (exact) mass is 263 g/mol. The summed E-state index contributed by atoms with van der Waals surface area (Å²) in [6.07, 6.45) is 3.09. The lowest BCUT2D eigenvalue weighted by molar-refractivity contribution is -0.137. The van der Waals surface area contributed by atoms with Crippen LogP contribution in [0.15, 0.2) is 24.3 Å². The number of carboxylic acids is 1. The number of aliphatic hydroxyl groups is 1. The third kappa shape index (κ3) is 3.47. The minimum Gasteiger partial charge on any atom is -0.481 e. The van der Waals surface area contributed by atoms with Crippen LogP contribution in [0.1, 0.15) is 37.2 Å². The van der Waals surface area contributed by atoms with E-state index in [0.717, 1.165) is 37.9 Å². The molecule has 0 saturated heterocycles. The molecule has 0 spiro atoms. The van der Waals surface area contributed by atoms with Crippen LogP contribution in [0.3, 0.4) is 0 Å². The maximum atomic E-state index is 10.9. The maximum Gasteiger partial charge on any atom is 0.304 e. The number of fused-ring (bicyclic) bond motifs is 1. The Labute approximate surface area is 113 Å². The van der Waals surface area contributed by atoms with E-state index in [9.17, 15) is 4.79 Å². The van der Waals surface area contributed by atoms with Crippen molar-refractivity contribution < 1.29 is 15.0 Å². The van der Waals surface area contributed by atoms with Crippen molar-refractivity contribution in [1.29, 1.82) is 0 Å². The third-order valence-electron chi connectivity index (χ3n) is 3.67. The number of anilines is 1. The summed E-state index contributed by atoms with van der Waals surface area (Å²) in [5.74, 6) is -0.631. The van der Waals surface area contributed by atoms with E-state index in [1.807, 2.05) is 18.2 Å². The molecule has 0 fully saturated rings. The first-order valence-electron chi connectivity index (χ1n) is 6.89. The summed E-state index contributed by atoms with van der Waals surface area (Å²) in [5, 5.41) is 17.8. The maximum absolute atomic E-state index is 10.9. The van der Waals surface area contributed by atoms with Crippen LogP contribution in [0.4, 0.5) is 5.69 Å². The summed E-state index contributed by atoms with van der Waals surface area (Å²) in [5.41, 5.74) is 2.34. The summed E-state index contributed by atoms with van der Waals surface area (Å²) in [7, 11) is 0. The SMILES string of the molecule is O=C(O)CC1CN(CCCCCO)c2ccccc21. The fraction of sp³-hybridized carbons (Fsp3) is 0.533. The number of rotatable bonds is 7. The zero-order chi connectivity index (χ0) is 13.7. The number of hydrogen-bond acceptors (Lipinski definition) is 3. The van der Waals surface area contributed by atoms with E-state index in [0.29, 0.717) is 0 Å². The molecule has 2 rings (SSSR count). The van der Waals surface area contributed by atoms with E-state index >= 15 is 0 Å². The Bertz CT molecular complexity index is 433. The number of aliphatic hydroxyl groups excluding tert-OH is 1. The van der Waals surface area contributed by atoms with Crippen LogP contribution in [0.5, 0.6) is 0 Å². The van der Waals surface area contributed by atoms with Crippen molar-refractivity contribution in [3.05, 3.63) is 29.8 Å². The lowest BCUT2D eigenvalue weighted by Gasteiger charge is -2.19. The number of benzene rings is 1. The molecule has 1 aromatic carbocycles. The van der Waals surface area contributed by atoms with Gasteiger partial charge in [0.25, 0.3) is 0 Å². The standard InChI is InChI=1S/C15H21NO3/c17-9-5-1-4-8-16-11-12(10-15(18)19)13-6-2-3-7-14(13)16/h2-3,6-7,12,17H,1,4-5,8-11H2,(H,18,19). The average Bonchev–Trinajstić information content (AvgIpc) is 2.73. The molecule has 0 saturated carbocycles. The molecule has 1 heterocycles. The number of nitrogens with zero attached hydrogens (tertiary/aromatic N) is 1. The second kappa shape index (κ2) is 6.57. The Morgan fingerprint density at radius 2 is 2.05 bits per heavy atom. The molecule has 0 bridgehead atoms. The number of para-hydroxylation sites is 1. The van der Waals surface area contributed by atoms with Gasteiger partial charge in [-0.2, -0.15) is 0 Å². The number of aliphatic carboxylic acids is 1. The van der Waals surface area contributed by atoms with Gasteiger partial charge in [-0.1, -0.05) is 18.2 Å². The molecule has 1 aliphatic rings. The van der Waals surface area contributed by atoms with Crippen molar-refractivity contribution in [2.24, 2.45) is 0 Å². The summed E-state index contributed by atoms with van der Waals surface area (Å²) < 4.78 is 0. The normalized spacial score (nSPS) is 17.5. The van der Waals surface area contributed by atoms with Gasteiger partial charge in [-0.3, -0.25) is 4.79 Å². The summed E-state index contributed by atoms with van der Waals surface area (Å²) in [6, 6.07) is 8.09. The van der Waals surface area contributed by atoms with Gasteiger partial charge < -0.3 is 15.1 Å². The fourth-order valence-electron chi connectivity index (χ4n) is 2.77. The molecule has 1 unspecified atom stereocenters. The number of carboxylic acid groups (broad SMARTS) is 1.